The molecule has 1 aliphatic heterocycles. The molecule has 1 fully saturated rings. The summed E-state index contributed by atoms with van der Waals surface area (Å²) in [5.74, 6) is 0.691. The number of piperazine rings is 1. The van der Waals surface area contributed by atoms with Crippen molar-refractivity contribution in [1.29, 1.82) is 0 Å². The summed E-state index contributed by atoms with van der Waals surface area (Å²) in [6, 6.07) is 16.7. The average molecular weight is 560 g/mol. The Morgan fingerprint density at radius 1 is 0.975 bits per heavy atom. The maximum absolute atomic E-state index is 13.3. The number of anilines is 2. The van der Waals surface area contributed by atoms with E-state index in [2.05, 4.69) is 65.4 Å². The van der Waals surface area contributed by atoms with Crippen molar-refractivity contribution < 1.29 is 0 Å². The third-order valence-corrected chi connectivity index (χ3v) is 7.99. The second-order valence-electron chi connectivity index (χ2n) is 10.6. The van der Waals surface area contributed by atoms with Crippen LogP contribution in [0.4, 0.5) is 11.6 Å². The number of unbranched alkanes of at least 4 members (excludes halogenated alkanes) is 1. The molecule has 0 saturated carbocycles. The molecule has 1 N–H and O–H groups in total. The highest BCUT2D eigenvalue weighted by Gasteiger charge is 2.26. The molecule has 0 amide bonds. The van der Waals surface area contributed by atoms with Crippen LogP contribution in [0, 0.1) is 6.92 Å². The van der Waals surface area contributed by atoms with Crippen molar-refractivity contribution >= 4 is 40.1 Å². The number of benzene rings is 2. The molecule has 10 heteroatoms. The normalized spacial score (nSPS) is 13.7. The van der Waals surface area contributed by atoms with E-state index in [1.165, 1.54) is 30.0 Å². The standard InChI is InChI=1S/C30H37N7O2S/c1-5-6-9-22-11-13-24(14-12-22)31-29(40)36-17-15-35(16-18-36)28-32-26-25(27(38)34(4)30(39)33(26)3)37(28)20-23-10-7-8-21(2)19-23/h7-8,10-14,19H,5-6,9,15-18,20H2,1-4H3,(H,31,40). The largest absolute Gasteiger partial charge is 0.345 e. The lowest BCUT2D eigenvalue weighted by molar-refractivity contribution is 0.386. The van der Waals surface area contributed by atoms with E-state index in [1.807, 2.05) is 16.7 Å². The fourth-order valence-corrected chi connectivity index (χ4v) is 5.57. The van der Waals surface area contributed by atoms with Gasteiger partial charge in [-0.2, -0.15) is 4.98 Å². The summed E-state index contributed by atoms with van der Waals surface area (Å²) in [4.78, 5) is 35.2. The van der Waals surface area contributed by atoms with Crippen LogP contribution in [0.5, 0.6) is 0 Å². The third-order valence-electron chi connectivity index (χ3n) is 7.62. The Labute approximate surface area is 239 Å². The van der Waals surface area contributed by atoms with Crippen molar-refractivity contribution in [2.45, 2.75) is 39.7 Å². The summed E-state index contributed by atoms with van der Waals surface area (Å²) in [5, 5.41) is 4.08. The van der Waals surface area contributed by atoms with E-state index in [0.29, 0.717) is 54.9 Å². The molecule has 1 aliphatic rings. The zero-order valence-electron chi connectivity index (χ0n) is 23.7. The molecule has 3 heterocycles. The average Bonchev–Trinajstić information content (AvgIpc) is 3.33. The van der Waals surface area contributed by atoms with Gasteiger partial charge >= 0.3 is 5.69 Å². The predicted molar refractivity (Wildman–Crippen MR) is 166 cm³/mol. The maximum Gasteiger partial charge on any atom is 0.332 e. The van der Waals surface area contributed by atoms with E-state index in [4.69, 9.17) is 17.2 Å². The predicted octanol–water partition coefficient (Wildman–Crippen LogP) is 3.65. The maximum atomic E-state index is 13.3. The van der Waals surface area contributed by atoms with Crippen LogP contribution in [0.15, 0.2) is 58.1 Å². The third kappa shape index (κ3) is 5.54. The topological polar surface area (TPSA) is 80.3 Å². The highest BCUT2D eigenvalue weighted by atomic mass is 32.1. The number of nitrogens with zero attached hydrogens (tertiary/aromatic N) is 6. The first kappa shape index (κ1) is 27.6. The van der Waals surface area contributed by atoms with Crippen molar-refractivity contribution in [1.82, 2.24) is 23.6 Å². The van der Waals surface area contributed by atoms with Gasteiger partial charge in [0.05, 0.1) is 6.54 Å². The molecule has 1 saturated heterocycles. The van der Waals surface area contributed by atoms with Crippen LogP contribution in [-0.2, 0) is 27.1 Å². The fourth-order valence-electron chi connectivity index (χ4n) is 5.27. The molecule has 0 atom stereocenters. The Hall–Kier alpha value is -3.92. The lowest BCUT2D eigenvalue weighted by Crippen LogP contribution is -2.50. The summed E-state index contributed by atoms with van der Waals surface area (Å²) >= 11 is 5.75. The summed E-state index contributed by atoms with van der Waals surface area (Å²) < 4.78 is 4.56. The number of hydrogen-bond acceptors (Lipinski definition) is 5. The van der Waals surface area contributed by atoms with Gasteiger partial charge in [-0.15, -0.1) is 0 Å². The minimum atomic E-state index is -0.385. The highest BCUT2D eigenvalue weighted by molar-refractivity contribution is 7.80. The molecule has 5 rings (SSSR count). The van der Waals surface area contributed by atoms with E-state index in [0.717, 1.165) is 27.8 Å². The molecule has 40 heavy (non-hydrogen) atoms. The SMILES string of the molecule is CCCCc1ccc(NC(=S)N2CCN(c3nc4c(c(=O)n(C)c(=O)n4C)n3Cc3cccc(C)c3)CC2)cc1. The quantitative estimate of drug-likeness (QED) is 0.346. The van der Waals surface area contributed by atoms with Crippen LogP contribution in [0.3, 0.4) is 0 Å². The van der Waals surface area contributed by atoms with E-state index in [-0.39, 0.29) is 11.2 Å². The number of hydrogen-bond donors (Lipinski definition) is 1. The molecule has 0 aliphatic carbocycles. The summed E-state index contributed by atoms with van der Waals surface area (Å²) in [6.07, 6.45) is 3.48. The van der Waals surface area contributed by atoms with Gasteiger partial charge in [-0.3, -0.25) is 18.5 Å². The van der Waals surface area contributed by atoms with Gasteiger partial charge < -0.3 is 15.1 Å². The molecular weight excluding hydrogens is 522 g/mol. The Bertz CT molecular complexity index is 1640. The van der Waals surface area contributed by atoms with Gasteiger partial charge in [-0.05, 0) is 55.2 Å². The van der Waals surface area contributed by atoms with Gasteiger partial charge in [0.25, 0.3) is 5.56 Å². The van der Waals surface area contributed by atoms with Crippen LogP contribution in [-0.4, -0.2) is 54.9 Å². The minimum Gasteiger partial charge on any atom is -0.345 e. The summed E-state index contributed by atoms with van der Waals surface area (Å²) in [5.41, 5.74) is 4.66. The Morgan fingerprint density at radius 3 is 2.38 bits per heavy atom. The molecule has 0 unspecified atom stereocenters. The molecule has 0 spiro atoms. The Morgan fingerprint density at radius 2 is 1.70 bits per heavy atom. The molecular formula is C30H37N7O2S. The number of rotatable bonds is 7. The van der Waals surface area contributed by atoms with Gasteiger partial charge in [0, 0.05) is 46.0 Å². The molecule has 9 nitrogen and oxygen atoms in total. The second-order valence-corrected chi connectivity index (χ2v) is 11.0. The van der Waals surface area contributed by atoms with E-state index in [9.17, 15) is 9.59 Å². The molecule has 2 aromatic heterocycles. The van der Waals surface area contributed by atoms with Crippen molar-refractivity contribution in [3.63, 3.8) is 0 Å². The zero-order valence-corrected chi connectivity index (χ0v) is 24.5. The molecule has 0 bridgehead atoms. The number of nitrogens with one attached hydrogen (secondary N) is 1. The molecule has 0 radical (unpaired) electrons. The van der Waals surface area contributed by atoms with E-state index >= 15 is 0 Å². The molecule has 4 aromatic rings. The minimum absolute atomic E-state index is 0.339. The number of aryl methyl sites for hydroxylation is 3. The first-order chi connectivity index (χ1) is 19.3. The number of aromatic nitrogens is 4. The van der Waals surface area contributed by atoms with Gasteiger partial charge in [0.2, 0.25) is 5.95 Å². The lowest BCUT2D eigenvalue weighted by Gasteiger charge is -2.36. The summed E-state index contributed by atoms with van der Waals surface area (Å²) in [7, 11) is 3.18. The number of imidazole rings is 1. The van der Waals surface area contributed by atoms with Crippen LogP contribution in [0.25, 0.3) is 11.2 Å². The van der Waals surface area contributed by atoms with Crippen molar-refractivity contribution in [2.75, 3.05) is 36.4 Å². The smallest absolute Gasteiger partial charge is 0.332 e. The van der Waals surface area contributed by atoms with Crippen molar-refractivity contribution in [3.8, 4) is 0 Å². The van der Waals surface area contributed by atoms with E-state index in [1.54, 1.807) is 7.05 Å². The number of fused-ring (bicyclic) bond motifs is 1. The van der Waals surface area contributed by atoms with Crippen molar-refractivity contribution in [2.24, 2.45) is 14.1 Å². The second kappa shape index (κ2) is 11.7. The number of thiocarbonyl (C=S) groups is 1. The molecule has 210 valence electrons. The van der Waals surface area contributed by atoms with Crippen LogP contribution < -0.4 is 21.5 Å². The molecule has 2 aromatic carbocycles. The Kier molecular flexibility index (Phi) is 8.07. The van der Waals surface area contributed by atoms with Crippen LogP contribution >= 0.6 is 12.2 Å². The van der Waals surface area contributed by atoms with Gasteiger partial charge in [0.15, 0.2) is 16.3 Å². The first-order valence-electron chi connectivity index (χ1n) is 13.9. The zero-order chi connectivity index (χ0) is 28.4. The lowest BCUT2D eigenvalue weighted by atomic mass is 10.1. The highest BCUT2D eigenvalue weighted by Crippen LogP contribution is 2.23. The fraction of sp³-hybridized carbons (Fsp3) is 0.400. The monoisotopic (exact) mass is 559 g/mol. The van der Waals surface area contributed by atoms with Crippen LogP contribution in [0.1, 0.15) is 36.5 Å². The van der Waals surface area contributed by atoms with Crippen molar-refractivity contribution in [3.05, 3.63) is 86.1 Å². The summed E-state index contributed by atoms with van der Waals surface area (Å²) in [6.45, 7) is 7.53. The van der Waals surface area contributed by atoms with E-state index < -0.39 is 0 Å². The van der Waals surface area contributed by atoms with Gasteiger partial charge in [-0.1, -0.05) is 55.3 Å². The van der Waals surface area contributed by atoms with Crippen LogP contribution in [0.2, 0.25) is 0 Å². The van der Waals surface area contributed by atoms with Gasteiger partial charge in [0.1, 0.15) is 0 Å². The first-order valence-corrected chi connectivity index (χ1v) is 14.3. The Balaban J connectivity index is 1.37. The van der Waals surface area contributed by atoms with Gasteiger partial charge in [-0.25, -0.2) is 4.79 Å².